The fraction of sp³-hybridized carbons (Fsp3) is 0. The van der Waals surface area contributed by atoms with Crippen LogP contribution in [-0.4, -0.2) is 27.1 Å². The third kappa shape index (κ3) is 9.14. The first kappa shape index (κ1) is 30.2. The summed E-state index contributed by atoms with van der Waals surface area (Å²) in [6, 6.07) is 44.3. The first-order chi connectivity index (χ1) is 20.4. The first-order valence-electron chi connectivity index (χ1n) is 13.1. The van der Waals surface area contributed by atoms with Crippen LogP contribution in [0.1, 0.15) is 0 Å². The minimum atomic E-state index is -1.46. The van der Waals surface area contributed by atoms with Crippen LogP contribution < -0.4 is 16.9 Å². The maximum Gasteiger partial charge on any atom is 0.490 e. The van der Waals surface area contributed by atoms with Gasteiger partial charge in [0.2, 0.25) is 0 Å². The van der Waals surface area contributed by atoms with Crippen LogP contribution in [0.2, 0.25) is 0 Å². The summed E-state index contributed by atoms with van der Waals surface area (Å²) in [5, 5.41) is 17.2. The molecular formula is C34H30BBrN4O2. The predicted octanol–water partition coefficient (Wildman–Crippen LogP) is 6.46. The number of hydrogen-bond donors (Lipinski definition) is 4. The molecule has 0 saturated carbocycles. The van der Waals surface area contributed by atoms with Crippen molar-refractivity contribution in [1.82, 2.24) is 9.97 Å². The van der Waals surface area contributed by atoms with Crippen LogP contribution in [0.4, 0.5) is 11.6 Å². The normalized spacial score (nSPS) is 9.98. The van der Waals surface area contributed by atoms with Crippen LogP contribution in [0.3, 0.4) is 0 Å². The summed E-state index contributed by atoms with van der Waals surface area (Å²) in [7, 11) is -1.46. The second-order valence-electron chi connectivity index (χ2n) is 9.19. The first-order valence-corrected chi connectivity index (χ1v) is 13.9. The van der Waals surface area contributed by atoms with Crippen molar-refractivity contribution < 1.29 is 10.0 Å². The SMILES string of the molecule is Brc1cccc(-c2ccccc2)c1.Nc1ccc(-c2cccc(-c3ccccc3)c2)cn1.Nc1ccc(B(O)O)cn1. The number of nitrogens with zero attached hydrogens (tertiary/aromatic N) is 2. The average Bonchev–Trinajstić information content (AvgIpc) is 3.03. The van der Waals surface area contributed by atoms with Gasteiger partial charge in [-0.2, -0.15) is 0 Å². The number of nitrogens with two attached hydrogens (primary N) is 2. The molecule has 0 amide bonds. The molecule has 0 radical (unpaired) electrons. The van der Waals surface area contributed by atoms with Gasteiger partial charge >= 0.3 is 7.12 Å². The molecule has 0 bridgehead atoms. The number of benzene rings is 4. The van der Waals surface area contributed by atoms with Gasteiger partial charge in [0.05, 0.1) is 0 Å². The maximum absolute atomic E-state index is 8.59. The van der Waals surface area contributed by atoms with E-state index in [1.54, 1.807) is 6.20 Å². The van der Waals surface area contributed by atoms with Crippen LogP contribution in [0.5, 0.6) is 0 Å². The number of rotatable bonds is 4. The summed E-state index contributed by atoms with van der Waals surface area (Å²) in [6.07, 6.45) is 3.12. The zero-order valence-electron chi connectivity index (χ0n) is 22.8. The van der Waals surface area contributed by atoms with E-state index in [4.69, 9.17) is 21.5 Å². The summed E-state index contributed by atoms with van der Waals surface area (Å²) in [6.45, 7) is 0. The number of hydrogen-bond acceptors (Lipinski definition) is 6. The Labute approximate surface area is 254 Å². The molecule has 0 unspecified atom stereocenters. The smallest absolute Gasteiger partial charge is 0.423 e. The van der Waals surface area contributed by atoms with E-state index in [9.17, 15) is 0 Å². The van der Waals surface area contributed by atoms with Crippen molar-refractivity contribution >= 4 is 40.1 Å². The summed E-state index contributed by atoms with van der Waals surface area (Å²) in [5.74, 6) is 0.910. The van der Waals surface area contributed by atoms with E-state index < -0.39 is 7.12 Å². The van der Waals surface area contributed by atoms with Gasteiger partial charge in [-0.3, -0.25) is 0 Å². The molecule has 4 aromatic carbocycles. The fourth-order valence-electron chi connectivity index (χ4n) is 3.95. The van der Waals surface area contributed by atoms with E-state index >= 15 is 0 Å². The van der Waals surface area contributed by atoms with Crippen LogP contribution in [0.15, 0.2) is 150 Å². The van der Waals surface area contributed by atoms with Crippen LogP contribution in [0, 0.1) is 0 Å². The van der Waals surface area contributed by atoms with E-state index in [-0.39, 0.29) is 0 Å². The van der Waals surface area contributed by atoms with Crippen molar-refractivity contribution in [2.24, 2.45) is 0 Å². The van der Waals surface area contributed by atoms with Crippen molar-refractivity contribution in [2.75, 3.05) is 11.5 Å². The largest absolute Gasteiger partial charge is 0.490 e. The highest BCUT2D eigenvalue weighted by Crippen LogP contribution is 2.26. The number of halogens is 1. The Kier molecular flexibility index (Phi) is 11.0. The molecule has 0 saturated heterocycles. The number of pyridine rings is 2. The Hall–Kier alpha value is -4.76. The molecule has 0 aliphatic heterocycles. The van der Waals surface area contributed by atoms with E-state index in [1.807, 2.05) is 48.5 Å². The van der Waals surface area contributed by atoms with Gasteiger partial charge in [0, 0.05) is 27.9 Å². The van der Waals surface area contributed by atoms with Crippen molar-refractivity contribution in [3.63, 3.8) is 0 Å². The Morgan fingerprint density at radius 3 is 1.43 bits per heavy atom. The summed E-state index contributed by atoms with van der Waals surface area (Å²) in [5.41, 5.74) is 18.3. The topological polar surface area (TPSA) is 118 Å². The third-order valence-electron chi connectivity index (χ3n) is 6.13. The van der Waals surface area contributed by atoms with Gasteiger partial charge in [-0.25, -0.2) is 9.97 Å². The summed E-state index contributed by atoms with van der Waals surface area (Å²) < 4.78 is 1.12. The maximum atomic E-state index is 8.59. The van der Waals surface area contributed by atoms with Gasteiger partial charge in [-0.1, -0.05) is 113 Å². The standard InChI is InChI=1S/C17H14N2.C12H9Br.C5H7BN2O2/c18-17-10-9-16(12-19-17)15-8-4-7-14(11-15)13-5-2-1-3-6-13;13-12-8-4-7-11(9-12)10-5-2-1-3-6-10;7-5-2-1-4(3-8-5)6(9)10/h1-12H,(H2,18,19);1-9H;1-3,9-10H,(H2,7,8). The Morgan fingerprint density at radius 2 is 0.952 bits per heavy atom. The number of nitrogen functional groups attached to an aromatic ring is 2. The molecule has 2 heterocycles. The lowest BCUT2D eigenvalue weighted by molar-refractivity contribution is 0.425. The molecule has 208 valence electrons. The minimum Gasteiger partial charge on any atom is -0.423 e. The van der Waals surface area contributed by atoms with Crippen LogP contribution in [0.25, 0.3) is 33.4 Å². The van der Waals surface area contributed by atoms with E-state index in [0.717, 1.165) is 15.6 Å². The zero-order valence-corrected chi connectivity index (χ0v) is 24.3. The Morgan fingerprint density at radius 1 is 0.476 bits per heavy atom. The molecule has 6 aromatic rings. The Bertz CT molecular complexity index is 1670. The lowest BCUT2D eigenvalue weighted by Gasteiger charge is -2.06. The van der Waals surface area contributed by atoms with Crippen LogP contribution >= 0.6 is 15.9 Å². The van der Waals surface area contributed by atoms with Gasteiger partial charge in [-0.05, 0) is 64.2 Å². The highest BCUT2D eigenvalue weighted by atomic mass is 79.9. The molecule has 0 fully saturated rings. The highest BCUT2D eigenvalue weighted by Gasteiger charge is 2.09. The highest BCUT2D eigenvalue weighted by molar-refractivity contribution is 9.10. The van der Waals surface area contributed by atoms with E-state index in [0.29, 0.717) is 17.1 Å². The van der Waals surface area contributed by atoms with Gasteiger partial charge in [0.1, 0.15) is 11.6 Å². The van der Waals surface area contributed by atoms with E-state index in [2.05, 4.69) is 98.7 Å². The Balaban J connectivity index is 0.000000154. The lowest BCUT2D eigenvalue weighted by atomic mass is 9.82. The molecule has 42 heavy (non-hydrogen) atoms. The van der Waals surface area contributed by atoms with Crippen molar-refractivity contribution in [3.05, 3.63) is 150 Å². The molecule has 2 aromatic heterocycles. The molecule has 0 spiro atoms. The zero-order chi connectivity index (χ0) is 29.7. The van der Waals surface area contributed by atoms with Gasteiger partial charge in [-0.15, -0.1) is 0 Å². The van der Waals surface area contributed by atoms with Crippen molar-refractivity contribution in [2.45, 2.75) is 0 Å². The number of aromatic nitrogens is 2. The summed E-state index contributed by atoms with van der Waals surface area (Å²) in [4.78, 5) is 7.79. The molecule has 0 aliphatic carbocycles. The molecule has 8 heteroatoms. The van der Waals surface area contributed by atoms with Crippen molar-refractivity contribution in [1.29, 1.82) is 0 Å². The lowest BCUT2D eigenvalue weighted by Crippen LogP contribution is -2.29. The quantitative estimate of drug-likeness (QED) is 0.169. The second kappa shape index (κ2) is 15.3. The van der Waals surface area contributed by atoms with Crippen molar-refractivity contribution in [3.8, 4) is 33.4 Å². The molecule has 6 rings (SSSR count). The third-order valence-corrected chi connectivity index (χ3v) is 6.62. The molecule has 0 aliphatic rings. The molecule has 0 atom stereocenters. The molecular weight excluding hydrogens is 587 g/mol. The monoisotopic (exact) mass is 616 g/mol. The van der Waals surface area contributed by atoms with Gasteiger partial charge in [0.15, 0.2) is 0 Å². The minimum absolute atomic E-state index is 0.342. The predicted molar refractivity (Wildman–Crippen MR) is 178 cm³/mol. The van der Waals surface area contributed by atoms with E-state index in [1.165, 1.54) is 40.6 Å². The average molecular weight is 617 g/mol. The molecule has 6 N–H and O–H groups in total. The van der Waals surface area contributed by atoms with Gasteiger partial charge < -0.3 is 21.5 Å². The summed E-state index contributed by atoms with van der Waals surface area (Å²) >= 11 is 3.46. The molecule has 6 nitrogen and oxygen atoms in total. The number of anilines is 2. The van der Waals surface area contributed by atoms with Crippen LogP contribution in [-0.2, 0) is 0 Å². The fourth-order valence-corrected chi connectivity index (χ4v) is 4.35. The second-order valence-corrected chi connectivity index (χ2v) is 10.1. The van der Waals surface area contributed by atoms with Gasteiger partial charge in [0.25, 0.3) is 0 Å².